The summed E-state index contributed by atoms with van der Waals surface area (Å²) in [5.41, 5.74) is 1.07. The number of methoxy groups -OCH3 is 1. The minimum Gasteiger partial charge on any atom is -0.452 e. The summed E-state index contributed by atoms with van der Waals surface area (Å²) in [5, 5.41) is 0. The third kappa shape index (κ3) is 2.47. The van der Waals surface area contributed by atoms with Crippen molar-refractivity contribution < 1.29 is 14.3 Å². The van der Waals surface area contributed by atoms with Crippen molar-refractivity contribution in [3.63, 3.8) is 0 Å². The minimum absolute atomic E-state index is 0.117. The van der Waals surface area contributed by atoms with Crippen LogP contribution in [0.5, 0.6) is 0 Å². The van der Waals surface area contributed by atoms with Gasteiger partial charge in [-0.25, -0.2) is 14.7 Å². The zero-order valence-corrected chi connectivity index (χ0v) is 11.5. The molecule has 0 saturated carbocycles. The molecule has 1 aromatic heterocycles. The predicted molar refractivity (Wildman–Crippen MR) is 68.3 cm³/mol. The Morgan fingerprint density at radius 1 is 1.58 bits per heavy atom. The Morgan fingerprint density at radius 3 is 2.84 bits per heavy atom. The molecular weight excluding hydrogens is 246 g/mol. The number of amides is 2. The smallest absolute Gasteiger partial charge is 0.416 e. The van der Waals surface area contributed by atoms with Gasteiger partial charge in [-0.15, -0.1) is 0 Å². The average molecular weight is 265 g/mol. The van der Waals surface area contributed by atoms with Crippen LogP contribution in [0.15, 0.2) is 12.5 Å². The first kappa shape index (κ1) is 13.6. The molecule has 1 aliphatic rings. The standard InChI is InChI=1S/C13H19N3O3/c1-4-11-9(5-10-6-14-8-15(10)2)7-16(12(11)17)13(18)19-3/h6,8-9,11H,4-5,7H2,1-3H3/t9-,11+/m0/s1. The summed E-state index contributed by atoms with van der Waals surface area (Å²) in [6, 6.07) is 0. The highest BCUT2D eigenvalue weighted by atomic mass is 16.5. The van der Waals surface area contributed by atoms with E-state index in [-0.39, 0.29) is 17.7 Å². The monoisotopic (exact) mass is 265 g/mol. The van der Waals surface area contributed by atoms with Crippen LogP contribution in [0.1, 0.15) is 19.0 Å². The Morgan fingerprint density at radius 2 is 2.32 bits per heavy atom. The van der Waals surface area contributed by atoms with Gasteiger partial charge >= 0.3 is 6.09 Å². The van der Waals surface area contributed by atoms with Crippen LogP contribution in [0.4, 0.5) is 4.79 Å². The van der Waals surface area contributed by atoms with Crippen LogP contribution in [-0.4, -0.2) is 40.1 Å². The highest BCUT2D eigenvalue weighted by Gasteiger charge is 2.42. The number of imidazole rings is 1. The fraction of sp³-hybridized carbons (Fsp3) is 0.615. The number of ether oxygens (including phenoxy) is 1. The van der Waals surface area contributed by atoms with E-state index in [0.717, 1.165) is 18.5 Å². The molecule has 1 aromatic rings. The van der Waals surface area contributed by atoms with E-state index in [1.807, 2.05) is 18.5 Å². The minimum atomic E-state index is -0.559. The number of nitrogens with zero attached hydrogens (tertiary/aromatic N) is 3. The van der Waals surface area contributed by atoms with E-state index in [4.69, 9.17) is 0 Å². The molecule has 6 nitrogen and oxygen atoms in total. The molecule has 2 atom stereocenters. The van der Waals surface area contributed by atoms with Crippen molar-refractivity contribution in [1.82, 2.24) is 14.5 Å². The fourth-order valence-corrected chi connectivity index (χ4v) is 2.69. The molecule has 2 amide bonds. The van der Waals surface area contributed by atoms with Gasteiger partial charge in [-0.3, -0.25) is 4.79 Å². The van der Waals surface area contributed by atoms with Crippen LogP contribution in [0.25, 0.3) is 0 Å². The largest absolute Gasteiger partial charge is 0.452 e. The lowest BCUT2D eigenvalue weighted by atomic mass is 9.89. The van der Waals surface area contributed by atoms with E-state index < -0.39 is 6.09 Å². The van der Waals surface area contributed by atoms with E-state index in [0.29, 0.717) is 6.54 Å². The van der Waals surface area contributed by atoms with Gasteiger partial charge in [0.25, 0.3) is 0 Å². The van der Waals surface area contributed by atoms with Crippen molar-refractivity contribution in [3.8, 4) is 0 Å². The Kier molecular flexibility index (Phi) is 3.87. The summed E-state index contributed by atoms with van der Waals surface area (Å²) < 4.78 is 6.60. The van der Waals surface area contributed by atoms with Gasteiger partial charge in [0.05, 0.1) is 13.4 Å². The normalized spacial score (nSPS) is 22.9. The Balaban J connectivity index is 2.14. The van der Waals surface area contributed by atoms with E-state index in [9.17, 15) is 9.59 Å². The first-order valence-electron chi connectivity index (χ1n) is 6.43. The molecule has 1 fully saturated rings. The second-order valence-electron chi connectivity index (χ2n) is 4.89. The van der Waals surface area contributed by atoms with Crippen LogP contribution in [0.3, 0.4) is 0 Å². The predicted octanol–water partition coefficient (Wildman–Crippen LogP) is 1.21. The van der Waals surface area contributed by atoms with E-state index in [2.05, 4.69) is 9.72 Å². The summed E-state index contributed by atoms with van der Waals surface area (Å²) in [7, 11) is 3.23. The molecule has 0 aliphatic carbocycles. The molecule has 0 unspecified atom stereocenters. The van der Waals surface area contributed by atoms with Crippen molar-refractivity contribution >= 4 is 12.0 Å². The zero-order valence-electron chi connectivity index (χ0n) is 11.5. The molecule has 1 saturated heterocycles. The molecule has 19 heavy (non-hydrogen) atoms. The molecule has 104 valence electrons. The Labute approximate surface area is 112 Å². The van der Waals surface area contributed by atoms with Crippen LogP contribution in [0.2, 0.25) is 0 Å². The lowest BCUT2D eigenvalue weighted by molar-refractivity contribution is -0.129. The van der Waals surface area contributed by atoms with E-state index in [1.165, 1.54) is 12.0 Å². The summed E-state index contributed by atoms with van der Waals surface area (Å²) in [5.74, 6) is -0.109. The first-order valence-corrected chi connectivity index (χ1v) is 6.43. The fourth-order valence-electron chi connectivity index (χ4n) is 2.69. The molecule has 2 heterocycles. The maximum absolute atomic E-state index is 12.2. The van der Waals surface area contributed by atoms with E-state index >= 15 is 0 Å². The van der Waals surface area contributed by atoms with Crippen molar-refractivity contribution in [1.29, 1.82) is 0 Å². The van der Waals surface area contributed by atoms with Gasteiger partial charge in [-0.2, -0.15) is 0 Å². The molecule has 6 heteroatoms. The number of hydrogen-bond donors (Lipinski definition) is 0. The Hall–Kier alpha value is -1.85. The summed E-state index contributed by atoms with van der Waals surface area (Å²) in [4.78, 5) is 29.0. The number of likely N-dealkylation sites (tertiary alicyclic amines) is 1. The molecule has 1 aliphatic heterocycles. The van der Waals surface area contributed by atoms with Crippen molar-refractivity contribution in [3.05, 3.63) is 18.2 Å². The molecular formula is C13H19N3O3. The van der Waals surface area contributed by atoms with Gasteiger partial charge in [0.2, 0.25) is 5.91 Å². The van der Waals surface area contributed by atoms with Crippen LogP contribution < -0.4 is 0 Å². The van der Waals surface area contributed by atoms with Gasteiger partial charge in [0, 0.05) is 31.4 Å². The zero-order chi connectivity index (χ0) is 14.0. The van der Waals surface area contributed by atoms with Crippen LogP contribution in [0, 0.1) is 11.8 Å². The Bertz CT molecular complexity index is 483. The second-order valence-corrected chi connectivity index (χ2v) is 4.89. The van der Waals surface area contributed by atoms with Crippen molar-refractivity contribution in [2.75, 3.05) is 13.7 Å². The maximum atomic E-state index is 12.2. The van der Waals surface area contributed by atoms with Crippen molar-refractivity contribution in [2.45, 2.75) is 19.8 Å². The second kappa shape index (κ2) is 5.42. The van der Waals surface area contributed by atoms with Gasteiger partial charge < -0.3 is 9.30 Å². The highest BCUT2D eigenvalue weighted by molar-refractivity contribution is 5.95. The lowest BCUT2D eigenvalue weighted by Gasteiger charge is -2.14. The van der Waals surface area contributed by atoms with Crippen LogP contribution >= 0.6 is 0 Å². The summed E-state index contributed by atoms with van der Waals surface area (Å²) >= 11 is 0. The molecule has 0 bridgehead atoms. The molecule has 0 N–H and O–H groups in total. The summed E-state index contributed by atoms with van der Waals surface area (Å²) in [6.07, 6.45) is 4.46. The van der Waals surface area contributed by atoms with Crippen molar-refractivity contribution in [2.24, 2.45) is 18.9 Å². The molecule has 0 spiro atoms. The number of aryl methyl sites for hydroxylation is 1. The van der Waals surface area contributed by atoms with Gasteiger partial charge in [-0.1, -0.05) is 6.92 Å². The molecule has 0 aromatic carbocycles. The molecule has 2 rings (SSSR count). The number of carbonyl (C=O) groups is 2. The number of imide groups is 1. The van der Waals surface area contributed by atoms with E-state index in [1.54, 1.807) is 12.5 Å². The quantitative estimate of drug-likeness (QED) is 0.824. The average Bonchev–Trinajstić information content (AvgIpc) is 2.94. The first-order chi connectivity index (χ1) is 9.08. The maximum Gasteiger partial charge on any atom is 0.416 e. The van der Waals surface area contributed by atoms with Gasteiger partial charge in [0.15, 0.2) is 0 Å². The van der Waals surface area contributed by atoms with Crippen LogP contribution in [-0.2, 0) is 23.0 Å². The lowest BCUT2D eigenvalue weighted by Crippen LogP contribution is -2.33. The third-order valence-electron chi connectivity index (χ3n) is 3.79. The number of rotatable bonds is 3. The molecule has 0 radical (unpaired) electrons. The third-order valence-corrected chi connectivity index (χ3v) is 3.79. The number of aromatic nitrogens is 2. The van der Waals surface area contributed by atoms with Gasteiger partial charge in [-0.05, 0) is 18.8 Å². The highest BCUT2D eigenvalue weighted by Crippen LogP contribution is 2.30. The number of carbonyl (C=O) groups excluding carboxylic acids is 2. The topological polar surface area (TPSA) is 64.4 Å². The SMILES string of the molecule is CC[C@H]1C(=O)N(C(=O)OC)C[C@@H]1Cc1cncn1C. The summed E-state index contributed by atoms with van der Waals surface area (Å²) in [6.45, 7) is 2.40. The van der Waals surface area contributed by atoms with Gasteiger partial charge in [0.1, 0.15) is 0 Å². The number of hydrogen-bond acceptors (Lipinski definition) is 4.